The predicted molar refractivity (Wildman–Crippen MR) is 72.5 cm³/mol. The largest absolute Gasteiger partial charge is 0.463 e. The molecule has 0 aliphatic heterocycles. The van der Waals surface area contributed by atoms with Crippen molar-refractivity contribution in [1.29, 1.82) is 0 Å². The summed E-state index contributed by atoms with van der Waals surface area (Å²) in [5, 5.41) is 0. The van der Waals surface area contributed by atoms with E-state index in [1.54, 1.807) is 13.8 Å². The Morgan fingerprint density at radius 2 is 1.63 bits per heavy atom. The van der Waals surface area contributed by atoms with Gasteiger partial charge in [0.1, 0.15) is 0 Å². The number of ether oxygens (including phenoxy) is 2. The number of esters is 2. The third-order valence-electron chi connectivity index (χ3n) is 3.09. The zero-order chi connectivity index (χ0) is 14.3. The molecule has 19 heavy (non-hydrogen) atoms. The Hall–Kier alpha value is -1.58. The van der Waals surface area contributed by atoms with E-state index in [1.165, 1.54) is 6.08 Å². The maximum absolute atomic E-state index is 11.9. The van der Waals surface area contributed by atoms with E-state index in [9.17, 15) is 9.59 Å². The first-order valence-electron chi connectivity index (χ1n) is 6.84. The van der Waals surface area contributed by atoms with Crippen molar-refractivity contribution < 1.29 is 19.1 Å². The second kappa shape index (κ2) is 7.77. The van der Waals surface area contributed by atoms with Crippen LogP contribution in [0.25, 0.3) is 0 Å². The number of carbonyl (C=O) groups is 2. The van der Waals surface area contributed by atoms with Gasteiger partial charge in [-0.1, -0.05) is 0 Å². The van der Waals surface area contributed by atoms with Gasteiger partial charge in [-0.05, 0) is 57.6 Å². The first-order chi connectivity index (χ1) is 9.10. The molecule has 0 N–H and O–H groups in total. The molecule has 1 rings (SSSR count). The van der Waals surface area contributed by atoms with E-state index in [4.69, 9.17) is 9.47 Å². The van der Waals surface area contributed by atoms with Gasteiger partial charge in [0, 0.05) is 11.6 Å². The molecule has 0 bridgehead atoms. The van der Waals surface area contributed by atoms with Gasteiger partial charge in [0.05, 0.1) is 13.2 Å². The maximum Gasteiger partial charge on any atom is 0.334 e. The molecule has 1 aliphatic carbocycles. The normalized spacial score (nSPS) is 16.3. The highest BCUT2D eigenvalue weighted by Crippen LogP contribution is 2.30. The van der Waals surface area contributed by atoms with Crippen molar-refractivity contribution in [3.8, 4) is 0 Å². The number of rotatable bonds is 5. The first-order valence-corrected chi connectivity index (χ1v) is 6.84. The van der Waals surface area contributed by atoms with E-state index < -0.39 is 0 Å². The van der Waals surface area contributed by atoms with E-state index in [2.05, 4.69) is 0 Å². The third-order valence-corrected chi connectivity index (χ3v) is 3.09. The van der Waals surface area contributed by atoms with Crippen molar-refractivity contribution in [2.75, 3.05) is 13.2 Å². The van der Waals surface area contributed by atoms with E-state index in [-0.39, 0.29) is 11.9 Å². The summed E-state index contributed by atoms with van der Waals surface area (Å²) < 4.78 is 9.97. The molecule has 0 aromatic rings. The van der Waals surface area contributed by atoms with Crippen molar-refractivity contribution in [3.05, 3.63) is 22.8 Å². The number of hydrogen-bond acceptors (Lipinski definition) is 4. The Morgan fingerprint density at radius 3 is 2.21 bits per heavy atom. The van der Waals surface area contributed by atoms with Crippen LogP contribution in [0.1, 0.15) is 46.5 Å². The molecular formula is C15H22O4. The lowest BCUT2D eigenvalue weighted by molar-refractivity contribution is -0.139. The molecule has 4 heteroatoms. The molecule has 1 aliphatic rings. The van der Waals surface area contributed by atoms with E-state index in [0.29, 0.717) is 18.8 Å². The molecule has 0 aromatic heterocycles. The minimum atomic E-state index is -0.360. The highest BCUT2D eigenvalue weighted by molar-refractivity contribution is 5.91. The highest BCUT2D eigenvalue weighted by Gasteiger charge is 2.21. The molecule has 0 unspecified atom stereocenters. The third kappa shape index (κ3) is 4.54. The van der Waals surface area contributed by atoms with Crippen molar-refractivity contribution in [1.82, 2.24) is 0 Å². The summed E-state index contributed by atoms with van der Waals surface area (Å²) in [5.41, 5.74) is 2.46. The van der Waals surface area contributed by atoms with Crippen molar-refractivity contribution >= 4 is 11.9 Å². The summed E-state index contributed by atoms with van der Waals surface area (Å²) >= 11 is 0. The predicted octanol–water partition coefficient (Wildman–Crippen LogP) is 2.93. The molecule has 0 saturated heterocycles. The molecule has 0 aromatic carbocycles. The van der Waals surface area contributed by atoms with E-state index in [1.807, 2.05) is 6.92 Å². The molecule has 0 amide bonds. The Morgan fingerprint density at radius 1 is 1.05 bits per heavy atom. The molecular weight excluding hydrogens is 244 g/mol. The highest BCUT2D eigenvalue weighted by atomic mass is 16.5. The zero-order valence-corrected chi connectivity index (χ0v) is 12.0. The first kappa shape index (κ1) is 15.5. The Labute approximate surface area is 114 Å². The van der Waals surface area contributed by atoms with Gasteiger partial charge in [0.2, 0.25) is 0 Å². The number of hydrogen-bond donors (Lipinski definition) is 0. The molecule has 106 valence electrons. The molecule has 0 heterocycles. The van der Waals surface area contributed by atoms with Crippen LogP contribution in [0.3, 0.4) is 0 Å². The SMILES string of the molecule is CCOC(=O)/C=C(\C)C1=C(C(=O)OCC)CCCC1. The van der Waals surface area contributed by atoms with Gasteiger partial charge in [-0.15, -0.1) is 0 Å². The summed E-state index contributed by atoms with van der Waals surface area (Å²) in [6, 6.07) is 0. The van der Waals surface area contributed by atoms with E-state index >= 15 is 0 Å². The van der Waals surface area contributed by atoms with Gasteiger partial charge in [-0.25, -0.2) is 9.59 Å². The Balaban J connectivity index is 2.96. The summed E-state index contributed by atoms with van der Waals surface area (Å²) in [6.45, 7) is 6.13. The maximum atomic E-state index is 11.9. The standard InChI is InChI=1S/C15H22O4/c1-4-18-14(16)10-11(3)12-8-6-7-9-13(12)15(17)19-5-2/h10H,4-9H2,1-3H3/b11-10+. The lowest BCUT2D eigenvalue weighted by Gasteiger charge is -2.19. The Kier molecular flexibility index (Phi) is 6.33. The van der Waals surface area contributed by atoms with Crippen LogP contribution in [0, 0.1) is 0 Å². The smallest absolute Gasteiger partial charge is 0.334 e. The lowest BCUT2D eigenvalue weighted by atomic mass is 9.87. The fourth-order valence-corrected chi connectivity index (χ4v) is 2.23. The minimum absolute atomic E-state index is 0.256. The average molecular weight is 266 g/mol. The van der Waals surface area contributed by atoms with Crippen LogP contribution in [0.4, 0.5) is 0 Å². The molecule has 0 spiro atoms. The fraction of sp³-hybridized carbons (Fsp3) is 0.600. The molecule has 0 saturated carbocycles. The van der Waals surface area contributed by atoms with Crippen LogP contribution in [-0.2, 0) is 19.1 Å². The number of allylic oxidation sites excluding steroid dienone is 2. The molecule has 0 radical (unpaired) electrons. The average Bonchev–Trinajstić information content (AvgIpc) is 2.39. The second-order valence-corrected chi connectivity index (χ2v) is 4.46. The summed E-state index contributed by atoms with van der Waals surface area (Å²) in [5.74, 6) is -0.616. The van der Waals surface area contributed by atoms with Crippen LogP contribution in [-0.4, -0.2) is 25.2 Å². The summed E-state index contributed by atoms with van der Waals surface area (Å²) in [7, 11) is 0. The monoisotopic (exact) mass is 266 g/mol. The van der Waals surface area contributed by atoms with Gasteiger partial charge in [-0.2, -0.15) is 0 Å². The second-order valence-electron chi connectivity index (χ2n) is 4.46. The summed E-state index contributed by atoms with van der Waals surface area (Å²) in [4.78, 5) is 23.4. The van der Waals surface area contributed by atoms with Crippen LogP contribution in [0.5, 0.6) is 0 Å². The van der Waals surface area contributed by atoms with Crippen molar-refractivity contribution in [2.45, 2.75) is 46.5 Å². The quantitative estimate of drug-likeness (QED) is 0.567. The Bertz CT molecular complexity index is 404. The van der Waals surface area contributed by atoms with Crippen molar-refractivity contribution in [2.24, 2.45) is 0 Å². The molecule has 0 atom stereocenters. The zero-order valence-electron chi connectivity index (χ0n) is 12.0. The van der Waals surface area contributed by atoms with Crippen LogP contribution >= 0.6 is 0 Å². The van der Waals surface area contributed by atoms with Gasteiger partial charge < -0.3 is 9.47 Å². The molecule has 4 nitrogen and oxygen atoms in total. The van der Waals surface area contributed by atoms with Gasteiger partial charge in [0.25, 0.3) is 0 Å². The fourth-order valence-electron chi connectivity index (χ4n) is 2.23. The lowest BCUT2D eigenvalue weighted by Crippen LogP contribution is -2.14. The molecule has 0 fully saturated rings. The van der Waals surface area contributed by atoms with Gasteiger partial charge in [0.15, 0.2) is 0 Å². The van der Waals surface area contributed by atoms with Gasteiger partial charge >= 0.3 is 11.9 Å². The van der Waals surface area contributed by atoms with Gasteiger partial charge in [-0.3, -0.25) is 0 Å². The topological polar surface area (TPSA) is 52.6 Å². The minimum Gasteiger partial charge on any atom is -0.463 e. The van der Waals surface area contributed by atoms with Crippen LogP contribution < -0.4 is 0 Å². The van der Waals surface area contributed by atoms with Crippen LogP contribution in [0.15, 0.2) is 22.8 Å². The van der Waals surface area contributed by atoms with Crippen LogP contribution in [0.2, 0.25) is 0 Å². The number of carbonyl (C=O) groups excluding carboxylic acids is 2. The van der Waals surface area contributed by atoms with E-state index in [0.717, 1.165) is 36.8 Å². The van der Waals surface area contributed by atoms with Crippen molar-refractivity contribution in [3.63, 3.8) is 0 Å². The summed E-state index contributed by atoms with van der Waals surface area (Å²) in [6.07, 6.45) is 5.03.